The van der Waals surface area contributed by atoms with Gasteiger partial charge in [-0.25, -0.2) is 4.98 Å². The Balaban J connectivity index is 1.97. The zero-order valence-corrected chi connectivity index (χ0v) is 13.4. The minimum absolute atomic E-state index is 0.181. The second kappa shape index (κ2) is 6.91. The summed E-state index contributed by atoms with van der Waals surface area (Å²) in [5.41, 5.74) is 2.06. The number of nitrogens with one attached hydrogen (secondary N) is 1. The quantitative estimate of drug-likeness (QED) is 0.696. The molecule has 0 aliphatic heterocycles. The van der Waals surface area contributed by atoms with Crippen molar-refractivity contribution in [3.63, 3.8) is 0 Å². The highest BCUT2D eigenvalue weighted by Gasteiger charge is 2.14. The number of azo groups is 1. The lowest BCUT2D eigenvalue weighted by molar-refractivity contribution is -0.136. The number of hydrogen-bond acceptors (Lipinski definition) is 5. The summed E-state index contributed by atoms with van der Waals surface area (Å²) in [4.78, 5) is 26.5. The molecule has 0 radical (unpaired) electrons. The zero-order chi connectivity index (χ0) is 17.8. The number of hydrogen-bond donors (Lipinski definition) is 2. The lowest BCUT2D eigenvalue weighted by atomic mass is 10.3. The van der Waals surface area contributed by atoms with Crippen molar-refractivity contribution in [2.24, 2.45) is 10.2 Å². The molecule has 8 nitrogen and oxygen atoms in total. The monoisotopic (exact) mass is 337 g/mol. The van der Waals surface area contributed by atoms with Crippen molar-refractivity contribution < 1.29 is 14.7 Å². The first-order valence-corrected chi connectivity index (χ1v) is 7.50. The van der Waals surface area contributed by atoms with Crippen LogP contribution in [0.5, 0.6) is 0 Å². The first kappa shape index (κ1) is 16.3. The highest BCUT2D eigenvalue weighted by molar-refractivity contribution is 5.89. The van der Waals surface area contributed by atoms with E-state index in [-0.39, 0.29) is 12.3 Å². The molecular formula is C17H15N5O3. The molecule has 0 saturated carbocycles. The summed E-state index contributed by atoms with van der Waals surface area (Å²) >= 11 is 0. The van der Waals surface area contributed by atoms with Crippen LogP contribution < -0.4 is 5.32 Å². The SMILES string of the molecule is CC(=O)Nc1cccc(N=Nc2c(CC(=O)O)nc3ccccn23)c1. The number of amides is 1. The van der Waals surface area contributed by atoms with Gasteiger partial charge in [0.2, 0.25) is 5.91 Å². The predicted molar refractivity (Wildman–Crippen MR) is 91.5 cm³/mol. The number of aromatic nitrogens is 2. The minimum Gasteiger partial charge on any atom is -0.481 e. The highest BCUT2D eigenvalue weighted by atomic mass is 16.4. The lowest BCUT2D eigenvalue weighted by Crippen LogP contribution is -2.05. The van der Waals surface area contributed by atoms with Crippen molar-refractivity contribution in [1.82, 2.24) is 9.38 Å². The van der Waals surface area contributed by atoms with Crippen molar-refractivity contribution in [2.45, 2.75) is 13.3 Å². The van der Waals surface area contributed by atoms with Gasteiger partial charge in [0, 0.05) is 18.8 Å². The topological polar surface area (TPSA) is 108 Å². The average Bonchev–Trinajstić information content (AvgIpc) is 2.89. The molecule has 2 N–H and O–H groups in total. The second-order valence-electron chi connectivity index (χ2n) is 5.31. The molecule has 0 spiro atoms. The molecule has 0 saturated heterocycles. The Bertz CT molecular complexity index is 977. The maximum Gasteiger partial charge on any atom is 0.309 e. The molecule has 0 unspecified atom stereocenters. The van der Waals surface area contributed by atoms with Gasteiger partial charge in [0.25, 0.3) is 0 Å². The molecule has 0 bridgehead atoms. The summed E-state index contributed by atoms with van der Waals surface area (Å²) in [7, 11) is 0. The summed E-state index contributed by atoms with van der Waals surface area (Å²) < 4.78 is 1.68. The molecule has 0 aliphatic rings. The Labute approximate surface area is 142 Å². The van der Waals surface area contributed by atoms with Crippen LogP contribution in [-0.2, 0) is 16.0 Å². The summed E-state index contributed by atoms with van der Waals surface area (Å²) in [6, 6.07) is 12.3. The Hall–Kier alpha value is -3.55. The number of nitrogens with zero attached hydrogens (tertiary/aromatic N) is 4. The molecule has 2 aromatic heterocycles. The number of rotatable bonds is 5. The highest BCUT2D eigenvalue weighted by Crippen LogP contribution is 2.25. The first-order chi connectivity index (χ1) is 12.0. The number of pyridine rings is 1. The Kier molecular flexibility index (Phi) is 4.51. The molecule has 3 rings (SSSR count). The number of carboxylic acid groups (broad SMARTS) is 1. The van der Waals surface area contributed by atoms with Crippen LogP contribution in [-0.4, -0.2) is 26.4 Å². The van der Waals surface area contributed by atoms with Crippen molar-refractivity contribution in [2.75, 3.05) is 5.32 Å². The molecule has 1 aromatic carbocycles. The van der Waals surface area contributed by atoms with E-state index in [4.69, 9.17) is 5.11 Å². The molecule has 1 amide bonds. The molecule has 2 heterocycles. The number of imidazole rings is 1. The zero-order valence-electron chi connectivity index (χ0n) is 13.4. The van der Waals surface area contributed by atoms with Crippen molar-refractivity contribution in [1.29, 1.82) is 0 Å². The smallest absolute Gasteiger partial charge is 0.309 e. The molecule has 3 aromatic rings. The van der Waals surface area contributed by atoms with Gasteiger partial charge in [0.15, 0.2) is 5.82 Å². The van der Waals surface area contributed by atoms with E-state index in [0.29, 0.717) is 28.5 Å². The van der Waals surface area contributed by atoms with Gasteiger partial charge in [-0.3, -0.25) is 14.0 Å². The van der Waals surface area contributed by atoms with Crippen LogP contribution in [0, 0.1) is 0 Å². The van der Waals surface area contributed by atoms with Crippen LogP contribution >= 0.6 is 0 Å². The van der Waals surface area contributed by atoms with Gasteiger partial charge in [-0.05, 0) is 30.3 Å². The predicted octanol–water partition coefficient (Wildman–Crippen LogP) is 3.34. The Morgan fingerprint density at radius 2 is 2.04 bits per heavy atom. The van der Waals surface area contributed by atoms with Crippen LogP contribution in [0.4, 0.5) is 17.2 Å². The number of carbonyl (C=O) groups excluding carboxylic acids is 1. The number of benzene rings is 1. The van der Waals surface area contributed by atoms with Crippen molar-refractivity contribution >= 4 is 34.7 Å². The average molecular weight is 337 g/mol. The van der Waals surface area contributed by atoms with Gasteiger partial charge < -0.3 is 10.4 Å². The molecule has 25 heavy (non-hydrogen) atoms. The summed E-state index contributed by atoms with van der Waals surface area (Å²) in [6.45, 7) is 1.42. The van der Waals surface area contributed by atoms with Gasteiger partial charge in [0.05, 0.1) is 17.8 Å². The second-order valence-corrected chi connectivity index (χ2v) is 5.31. The van der Waals surface area contributed by atoms with Crippen molar-refractivity contribution in [3.8, 4) is 0 Å². The largest absolute Gasteiger partial charge is 0.481 e. The van der Waals surface area contributed by atoms with E-state index in [2.05, 4.69) is 20.5 Å². The van der Waals surface area contributed by atoms with E-state index in [9.17, 15) is 9.59 Å². The Morgan fingerprint density at radius 1 is 1.20 bits per heavy atom. The maximum atomic E-state index is 11.1. The van der Waals surface area contributed by atoms with E-state index in [1.165, 1.54) is 6.92 Å². The minimum atomic E-state index is -0.993. The number of carbonyl (C=O) groups is 2. The third-order valence-electron chi connectivity index (χ3n) is 3.32. The standard InChI is InChI=1S/C17H15N5O3/c1-11(23)18-12-5-4-6-13(9-12)20-21-17-14(10-16(24)25)19-15-7-2-3-8-22(15)17/h2-9H,10H2,1H3,(H,18,23)(H,24,25). The van der Waals surface area contributed by atoms with Crippen LogP contribution in [0.2, 0.25) is 0 Å². The molecule has 0 aliphatic carbocycles. The first-order valence-electron chi connectivity index (χ1n) is 7.50. The molecule has 0 fully saturated rings. The van der Waals surface area contributed by atoms with E-state index >= 15 is 0 Å². The number of anilines is 1. The maximum absolute atomic E-state index is 11.1. The Morgan fingerprint density at radius 3 is 2.80 bits per heavy atom. The molecule has 0 atom stereocenters. The molecule has 8 heteroatoms. The van der Waals surface area contributed by atoms with Crippen LogP contribution in [0.25, 0.3) is 5.65 Å². The normalized spacial score (nSPS) is 11.1. The van der Waals surface area contributed by atoms with E-state index < -0.39 is 5.97 Å². The van der Waals surface area contributed by atoms with Gasteiger partial charge in [0.1, 0.15) is 5.65 Å². The van der Waals surface area contributed by atoms with Crippen LogP contribution in [0.3, 0.4) is 0 Å². The lowest BCUT2D eigenvalue weighted by Gasteiger charge is -2.02. The number of carboxylic acids is 1. The molecular weight excluding hydrogens is 322 g/mol. The summed E-state index contributed by atoms with van der Waals surface area (Å²) in [5.74, 6) is -0.810. The summed E-state index contributed by atoms with van der Waals surface area (Å²) in [5, 5.41) is 20.1. The third-order valence-corrected chi connectivity index (χ3v) is 3.32. The van der Waals surface area contributed by atoms with Gasteiger partial charge >= 0.3 is 5.97 Å². The van der Waals surface area contributed by atoms with Crippen molar-refractivity contribution in [3.05, 3.63) is 54.4 Å². The van der Waals surface area contributed by atoms with Crippen LogP contribution in [0.1, 0.15) is 12.6 Å². The van der Waals surface area contributed by atoms with E-state index in [1.54, 1.807) is 47.0 Å². The summed E-state index contributed by atoms with van der Waals surface area (Å²) in [6.07, 6.45) is 1.50. The van der Waals surface area contributed by atoms with Gasteiger partial charge in [-0.15, -0.1) is 10.2 Å². The number of fused-ring (bicyclic) bond motifs is 1. The van der Waals surface area contributed by atoms with Crippen LogP contribution in [0.15, 0.2) is 58.9 Å². The molecule has 126 valence electrons. The fourth-order valence-electron chi connectivity index (χ4n) is 2.35. The fraction of sp³-hybridized carbons (Fsp3) is 0.118. The van der Waals surface area contributed by atoms with Gasteiger partial charge in [-0.2, -0.15) is 0 Å². The number of aliphatic carboxylic acids is 1. The third kappa shape index (κ3) is 3.86. The van der Waals surface area contributed by atoms with E-state index in [1.807, 2.05) is 6.07 Å². The van der Waals surface area contributed by atoms with E-state index in [0.717, 1.165) is 0 Å². The van der Waals surface area contributed by atoms with Gasteiger partial charge in [-0.1, -0.05) is 12.1 Å². The fourth-order valence-corrected chi connectivity index (χ4v) is 2.35.